The Kier molecular flexibility index (Phi) is 5.15. The number of hydrogen-bond acceptors (Lipinski definition) is 4. The van der Waals surface area contributed by atoms with Crippen molar-refractivity contribution in [2.45, 2.75) is 40.3 Å². The average Bonchev–Trinajstić information content (AvgIpc) is 2.89. The number of carbonyl (C=O) groups is 2. The van der Waals surface area contributed by atoms with Crippen LogP contribution in [0.3, 0.4) is 0 Å². The summed E-state index contributed by atoms with van der Waals surface area (Å²) in [5, 5.41) is 12.0. The van der Waals surface area contributed by atoms with Crippen molar-refractivity contribution < 1.29 is 14.7 Å². The molecule has 0 fully saturated rings. The van der Waals surface area contributed by atoms with Gasteiger partial charge in [0.25, 0.3) is 5.91 Å². The summed E-state index contributed by atoms with van der Waals surface area (Å²) in [6.45, 7) is 7.89. The highest BCUT2D eigenvalue weighted by Gasteiger charge is 2.23. The number of carboxylic acids is 1. The van der Waals surface area contributed by atoms with Crippen molar-refractivity contribution >= 4 is 23.2 Å². The van der Waals surface area contributed by atoms with Crippen LogP contribution >= 0.6 is 11.3 Å². The molecule has 1 aromatic carbocycles. The van der Waals surface area contributed by atoms with Crippen LogP contribution in [0.4, 0.5) is 0 Å². The molecule has 0 unspecified atom stereocenters. The third-order valence-corrected chi connectivity index (χ3v) is 4.60. The Morgan fingerprint density at radius 1 is 1.26 bits per heavy atom. The predicted octanol–water partition coefficient (Wildman–Crippen LogP) is 3.51. The van der Waals surface area contributed by atoms with Gasteiger partial charge in [-0.25, -0.2) is 9.78 Å². The van der Waals surface area contributed by atoms with Crippen molar-refractivity contribution in [2.24, 2.45) is 0 Å². The van der Waals surface area contributed by atoms with Gasteiger partial charge in [-0.3, -0.25) is 4.79 Å². The van der Waals surface area contributed by atoms with Gasteiger partial charge < -0.3 is 10.0 Å². The van der Waals surface area contributed by atoms with E-state index < -0.39 is 5.97 Å². The highest BCUT2D eigenvalue weighted by molar-refractivity contribution is 7.09. The van der Waals surface area contributed by atoms with E-state index in [0.29, 0.717) is 17.7 Å². The third kappa shape index (κ3) is 3.76. The molecule has 1 aromatic heterocycles. The Hall–Kier alpha value is -2.21. The molecule has 0 aliphatic rings. The standard InChI is InChI=1S/C17H20N2O3S/c1-10(2)19(8-15-18-11(3)9-23-15)16(20)13-6-5-7-14(12(13)4)17(21)22/h5-7,9-10H,8H2,1-4H3,(H,21,22). The molecular weight excluding hydrogens is 312 g/mol. The van der Waals surface area contributed by atoms with Gasteiger partial charge in [0.1, 0.15) is 5.01 Å². The maximum absolute atomic E-state index is 12.9. The molecule has 5 nitrogen and oxygen atoms in total. The van der Waals surface area contributed by atoms with Gasteiger partial charge >= 0.3 is 5.97 Å². The van der Waals surface area contributed by atoms with E-state index >= 15 is 0 Å². The number of aromatic nitrogens is 1. The molecule has 0 saturated carbocycles. The molecular formula is C17H20N2O3S. The Morgan fingerprint density at radius 2 is 1.91 bits per heavy atom. The molecule has 1 N–H and O–H groups in total. The van der Waals surface area contributed by atoms with Crippen LogP contribution in [0, 0.1) is 13.8 Å². The molecule has 0 saturated heterocycles. The summed E-state index contributed by atoms with van der Waals surface area (Å²) in [5.74, 6) is -1.20. The van der Waals surface area contributed by atoms with Crippen molar-refractivity contribution in [3.8, 4) is 0 Å². The molecule has 6 heteroatoms. The van der Waals surface area contributed by atoms with Crippen LogP contribution in [-0.2, 0) is 6.54 Å². The average molecular weight is 332 g/mol. The Balaban J connectivity index is 2.35. The summed E-state index contributed by atoms with van der Waals surface area (Å²) in [4.78, 5) is 30.3. The normalized spacial score (nSPS) is 10.8. The van der Waals surface area contributed by atoms with E-state index in [1.54, 1.807) is 24.0 Å². The fraction of sp³-hybridized carbons (Fsp3) is 0.353. The molecule has 2 rings (SSSR count). The van der Waals surface area contributed by atoms with Crippen molar-refractivity contribution in [2.75, 3.05) is 0 Å². The van der Waals surface area contributed by atoms with E-state index in [0.717, 1.165) is 10.7 Å². The van der Waals surface area contributed by atoms with Crippen molar-refractivity contribution in [1.82, 2.24) is 9.88 Å². The summed E-state index contributed by atoms with van der Waals surface area (Å²) in [5.41, 5.74) is 2.01. The van der Waals surface area contributed by atoms with Crippen LogP contribution in [-0.4, -0.2) is 32.9 Å². The first-order chi connectivity index (χ1) is 10.8. The lowest BCUT2D eigenvalue weighted by atomic mass is 10.0. The smallest absolute Gasteiger partial charge is 0.335 e. The first-order valence-corrected chi connectivity index (χ1v) is 8.24. The lowest BCUT2D eigenvalue weighted by Crippen LogP contribution is -2.37. The second-order valence-electron chi connectivity index (χ2n) is 5.69. The molecule has 0 atom stereocenters. The number of rotatable bonds is 5. The molecule has 0 aliphatic carbocycles. The number of carboxylic acid groups (broad SMARTS) is 1. The number of benzene rings is 1. The van der Waals surface area contributed by atoms with Gasteiger partial charge in [0.2, 0.25) is 0 Å². The predicted molar refractivity (Wildman–Crippen MR) is 90.0 cm³/mol. The Bertz CT molecular complexity index is 737. The quantitative estimate of drug-likeness (QED) is 0.909. The lowest BCUT2D eigenvalue weighted by molar-refractivity contribution is 0.0689. The molecule has 0 spiro atoms. The number of aromatic carboxylic acids is 1. The van der Waals surface area contributed by atoms with Gasteiger partial charge in [-0.2, -0.15) is 0 Å². The highest BCUT2D eigenvalue weighted by atomic mass is 32.1. The van der Waals surface area contributed by atoms with Crippen LogP contribution in [0.2, 0.25) is 0 Å². The Morgan fingerprint density at radius 3 is 2.43 bits per heavy atom. The maximum atomic E-state index is 12.9. The first kappa shape index (κ1) is 17.1. The van der Waals surface area contributed by atoms with E-state index in [-0.39, 0.29) is 17.5 Å². The summed E-state index contributed by atoms with van der Waals surface area (Å²) >= 11 is 1.52. The van der Waals surface area contributed by atoms with Gasteiger partial charge in [-0.1, -0.05) is 6.07 Å². The SMILES string of the molecule is Cc1csc(CN(C(=O)c2cccc(C(=O)O)c2C)C(C)C)n1. The van der Waals surface area contributed by atoms with E-state index in [1.807, 2.05) is 26.2 Å². The topological polar surface area (TPSA) is 70.5 Å². The van der Waals surface area contributed by atoms with E-state index in [2.05, 4.69) is 4.98 Å². The van der Waals surface area contributed by atoms with Crippen molar-refractivity contribution in [3.05, 3.63) is 51.0 Å². The fourth-order valence-corrected chi connectivity index (χ4v) is 3.13. The largest absolute Gasteiger partial charge is 0.478 e. The molecule has 23 heavy (non-hydrogen) atoms. The van der Waals surface area contributed by atoms with Crippen LogP contribution in [0.5, 0.6) is 0 Å². The lowest BCUT2D eigenvalue weighted by Gasteiger charge is -2.26. The van der Waals surface area contributed by atoms with Gasteiger partial charge in [0.15, 0.2) is 0 Å². The number of thiazole rings is 1. The molecule has 122 valence electrons. The molecule has 1 heterocycles. The number of aryl methyl sites for hydroxylation is 1. The monoisotopic (exact) mass is 332 g/mol. The van der Waals surface area contributed by atoms with Gasteiger partial charge in [-0.05, 0) is 45.4 Å². The third-order valence-electron chi connectivity index (χ3n) is 3.65. The molecule has 2 aromatic rings. The van der Waals surface area contributed by atoms with Crippen molar-refractivity contribution in [1.29, 1.82) is 0 Å². The molecule has 0 aliphatic heterocycles. The zero-order valence-corrected chi connectivity index (χ0v) is 14.5. The number of amides is 1. The summed E-state index contributed by atoms with van der Waals surface area (Å²) in [7, 11) is 0. The van der Waals surface area contributed by atoms with E-state index in [4.69, 9.17) is 0 Å². The van der Waals surface area contributed by atoms with Gasteiger partial charge in [-0.15, -0.1) is 11.3 Å². The molecule has 0 bridgehead atoms. The zero-order chi connectivity index (χ0) is 17.1. The van der Waals surface area contributed by atoms with Crippen LogP contribution < -0.4 is 0 Å². The summed E-state index contributed by atoms with van der Waals surface area (Å²) < 4.78 is 0. The zero-order valence-electron chi connectivity index (χ0n) is 13.7. The van der Waals surface area contributed by atoms with Gasteiger partial charge in [0, 0.05) is 22.7 Å². The second-order valence-corrected chi connectivity index (χ2v) is 6.64. The van der Waals surface area contributed by atoms with Crippen molar-refractivity contribution in [3.63, 3.8) is 0 Å². The van der Waals surface area contributed by atoms with Gasteiger partial charge in [0.05, 0.1) is 12.1 Å². The first-order valence-electron chi connectivity index (χ1n) is 7.36. The number of hydrogen-bond donors (Lipinski definition) is 1. The van der Waals surface area contributed by atoms with E-state index in [1.165, 1.54) is 17.4 Å². The second kappa shape index (κ2) is 6.91. The minimum atomic E-state index is -1.02. The fourth-order valence-electron chi connectivity index (χ4n) is 2.36. The number of nitrogens with zero attached hydrogens (tertiary/aromatic N) is 2. The Labute approximate surface area is 139 Å². The number of carbonyl (C=O) groups excluding carboxylic acids is 1. The molecule has 1 amide bonds. The minimum absolute atomic E-state index is 0.0143. The van der Waals surface area contributed by atoms with Crippen LogP contribution in [0.1, 0.15) is 50.8 Å². The van der Waals surface area contributed by atoms with Crippen LogP contribution in [0.25, 0.3) is 0 Å². The summed E-state index contributed by atoms with van der Waals surface area (Å²) in [6, 6.07) is 4.78. The summed E-state index contributed by atoms with van der Waals surface area (Å²) in [6.07, 6.45) is 0. The minimum Gasteiger partial charge on any atom is -0.478 e. The maximum Gasteiger partial charge on any atom is 0.335 e. The highest BCUT2D eigenvalue weighted by Crippen LogP contribution is 2.20. The van der Waals surface area contributed by atoms with Crippen LogP contribution in [0.15, 0.2) is 23.6 Å². The molecule has 0 radical (unpaired) electrons. The van der Waals surface area contributed by atoms with E-state index in [9.17, 15) is 14.7 Å².